The van der Waals surface area contributed by atoms with Gasteiger partial charge in [0.1, 0.15) is 11.0 Å². The number of benzene rings is 1. The normalized spacial score (nSPS) is 12.7. The lowest BCUT2D eigenvalue weighted by Crippen LogP contribution is -2.02. The van der Waals surface area contributed by atoms with Crippen LogP contribution in [0.15, 0.2) is 35.0 Å². The molecule has 4 rings (SSSR count). The Morgan fingerprint density at radius 3 is 2.68 bits per heavy atom. The van der Waals surface area contributed by atoms with E-state index in [0.29, 0.717) is 0 Å². The quantitative estimate of drug-likeness (QED) is 0.271. The summed E-state index contributed by atoms with van der Waals surface area (Å²) >= 11 is 11.5. The fourth-order valence-corrected chi connectivity index (χ4v) is 6.31. The third-order valence-electron chi connectivity index (χ3n) is 5.24. The standard InChI is InChI=1S/C22H23ClN2S3/c1-3-5-7-14(4-2)10-15-11-19(27-13-15)16-12-17(23)20(18-8-6-9-26-18)22-21(16)24-28-25-22/h6,8-9,11-14H,3-5,7,10H2,1-2H3. The van der Waals surface area contributed by atoms with Crippen molar-refractivity contribution in [2.75, 3.05) is 0 Å². The van der Waals surface area contributed by atoms with E-state index in [1.54, 1.807) is 22.7 Å². The average molecular weight is 447 g/mol. The first-order valence-electron chi connectivity index (χ1n) is 9.77. The Kier molecular flexibility index (Phi) is 6.46. The van der Waals surface area contributed by atoms with Crippen molar-refractivity contribution in [3.63, 3.8) is 0 Å². The molecule has 1 unspecified atom stereocenters. The Morgan fingerprint density at radius 1 is 1.07 bits per heavy atom. The molecule has 3 heterocycles. The van der Waals surface area contributed by atoms with Crippen LogP contribution in [0.25, 0.3) is 31.9 Å². The van der Waals surface area contributed by atoms with Crippen LogP contribution in [0.5, 0.6) is 0 Å². The highest BCUT2D eigenvalue weighted by molar-refractivity contribution is 7.14. The molecule has 1 aromatic carbocycles. The van der Waals surface area contributed by atoms with E-state index in [1.807, 2.05) is 6.07 Å². The molecule has 28 heavy (non-hydrogen) atoms. The first-order chi connectivity index (χ1) is 13.7. The molecule has 6 heteroatoms. The lowest BCUT2D eigenvalue weighted by molar-refractivity contribution is 0.449. The van der Waals surface area contributed by atoms with Crippen molar-refractivity contribution >= 4 is 57.0 Å². The zero-order valence-electron chi connectivity index (χ0n) is 16.1. The zero-order chi connectivity index (χ0) is 19.5. The average Bonchev–Trinajstić information content (AvgIpc) is 3.45. The summed E-state index contributed by atoms with van der Waals surface area (Å²) in [5.74, 6) is 0.771. The molecule has 2 nitrogen and oxygen atoms in total. The number of thiophene rings is 2. The molecular weight excluding hydrogens is 424 g/mol. The van der Waals surface area contributed by atoms with E-state index in [-0.39, 0.29) is 0 Å². The summed E-state index contributed by atoms with van der Waals surface area (Å²) in [6.07, 6.45) is 6.31. The Labute approximate surface area is 183 Å². The van der Waals surface area contributed by atoms with Gasteiger partial charge in [-0.1, -0.05) is 57.2 Å². The lowest BCUT2D eigenvalue weighted by Gasteiger charge is -2.13. The van der Waals surface area contributed by atoms with E-state index >= 15 is 0 Å². The van der Waals surface area contributed by atoms with Gasteiger partial charge in [0.05, 0.1) is 16.8 Å². The Bertz CT molecular complexity index is 1050. The summed E-state index contributed by atoms with van der Waals surface area (Å²) in [6.45, 7) is 4.58. The minimum Gasteiger partial charge on any atom is -0.172 e. The fourth-order valence-electron chi connectivity index (χ4n) is 3.65. The summed E-state index contributed by atoms with van der Waals surface area (Å²) in [6, 6.07) is 8.54. The number of nitrogens with zero attached hydrogens (tertiary/aromatic N) is 2. The zero-order valence-corrected chi connectivity index (χ0v) is 19.3. The van der Waals surface area contributed by atoms with Crippen molar-refractivity contribution in [3.05, 3.63) is 45.6 Å². The molecule has 0 fully saturated rings. The van der Waals surface area contributed by atoms with Crippen molar-refractivity contribution in [3.8, 4) is 20.9 Å². The van der Waals surface area contributed by atoms with Crippen molar-refractivity contribution in [1.82, 2.24) is 8.75 Å². The largest absolute Gasteiger partial charge is 0.172 e. The fraction of sp³-hybridized carbons (Fsp3) is 0.364. The van der Waals surface area contributed by atoms with Crippen LogP contribution in [0.3, 0.4) is 0 Å². The molecule has 0 saturated carbocycles. The van der Waals surface area contributed by atoms with Gasteiger partial charge in [-0.2, -0.15) is 8.75 Å². The molecule has 4 aromatic rings. The van der Waals surface area contributed by atoms with Crippen molar-refractivity contribution in [2.45, 2.75) is 46.0 Å². The molecule has 1 atom stereocenters. The topological polar surface area (TPSA) is 25.8 Å². The van der Waals surface area contributed by atoms with Crippen LogP contribution in [0, 0.1) is 5.92 Å². The number of hydrogen-bond acceptors (Lipinski definition) is 5. The van der Waals surface area contributed by atoms with Gasteiger partial charge in [-0.3, -0.25) is 0 Å². The van der Waals surface area contributed by atoms with Gasteiger partial charge in [-0.25, -0.2) is 0 Å². The first kappa shape index (κ1) is 20.0. The van der Waals surface area contributed by atoms with Gasteiger partial charge in [0.2, 0.25) is 0 Å². The molecule has 0 bridgehead atoms. The second-order valence-corrected chi connectivity index (χ2v) is 9.95. The lowest BCUT2D eigenvalue weighted by atomic mass is 9.93. The highest BCUT2D eigenvalue weighted by atomic mass is 35.5. The van der Waals surface area contributed by atoms with Gasteiger partial charge >= 0.3 is 0 Å². The number of fused-ring (bicyclic) bond motifs is 1. The molecule has 0 spiro atoms. The summed E-state index contributed by atoms with van der Waals surface area (Å²) in [7, 11) is 0. The van der Waals surface area contributed by atoms with Gasteiger partial charge in [0, 0.05) is 20.9 Å². The molecule has 0 amide bonds. The van der Waals surface area contributed by atoms with Gasteiger partial charge in [-0.05, 0) is 46.9 Å². The number of hydrogen-bond donors (Lipinski definition) is 0. The van der Waals surface area contributed by atoms with E-state index < -0.39 is 0 Å². The number of aromatic nitrogens is 2. The second kappa shape index (κ2) is 9.04. The Hall–Kier alpha value is -1.27. The molecule has 3 aromatic heterocycles. The molecule has 146 valence electrons. The third-order valence-corrected chi connectivity index (χ3v) is 7.97. The van der Waals surface area contributed by atoms with Crippen molar-refractivity contribution in [1.29, 1.82) is 0 Å². The number of unbranched alkanes of at least 4 members (excludes halogenated alkanes) is 1. The van der Waals surface area contributed by atoms with Crippen LogP contribution in [0.4, 0.5) is 0 Å². The molecule has 0 N–H and O–H groups in total. The van der Waals surface area contributed by atoms with Crippen LogP contribution >= 0.6 is 46.0 Å². The summed E-state index contributed by atoms with van der Waals surface area (Å²) in [5.41, 5.74) is 5.42. The predicted molar refractivity (Wildman–Crippen MR) is 126 cm³/mol. The summed E-state index contributed by atoms with van der Waals surface area (Å²) < 4.78 is 9.20. The highest BCUT2D eigenvalue weighted by Crippen LogP contribution is 2.43. The molecule has 0 aliphatic carbocycles. The van der Waals surface area contributed by atoms with E-state index in [4.69, 9.17) is 11.6 Å². The minimum atomic E-state index is 0.752. The molecule has 0 aliphatic rings. The molecule has 0 radical (unpaired) electrons. The Balaban J connectivity index is 1.68. The van der Waals surface area contributed by atoms with E-state index in [9.17, 15) is 0 Å². The molecule has 0 aliphatic heterocycles. The Morgan fingerprint density at radius 2 is 1.93 bits per heavy atom. The first-order valence-corrected chi connectivity index (χ1v) is 12.6. The second-order valence-electron chi connectivity index (χ2n) is 7.16. The summed E-state index contributed by atoms with van der Waals surface area (Å²) in [4.78, 5) is 2.38. The molecule has 0 saturated heterocycles. The van der Waals surface area contributed by atoms with Gasteiger partial charge in [0.25, 0.3) is 0 Å². The van der Waals surface area contributed by atoms with Gasteiger partial charge in [0.15, 0.2) is 0 Å². The summed E-state index contributed by atoms with van der Waals surface area (Å²) in [5, 5.41) is 5.12. The number of halogens is 1. The maximum atomic E-state index is 6.73. The maximum absolute atomic E-state index is 6.73. The van der Waals surface area contributed by atoms with Gasteiger partial charge in [-0.15, -0.1) is 22.7 Å². The minimum absolute atomic E-state index is 0.752. The van der Waals surface area contributed by atoms with Gasteiger partial charge < -0.3 is 0 Å². The van der Waals surface area contributed by atoms with Crippen LogP contribution in [-0.4, -0.2) is 8.75 Å². The van der Waals surface area contributed by atoms with Crippen LogP contribution in [0.1, 0.15) is 45.1 Å². The highest BCUT2D eigenvalue weighted by Gasteiger charge is 2.19. The monoisotopic (exact) mass is 446 g/mol. The van der Waals surface area contributed by atoms with E-state index in [2.05, 4.69) is 51.6 Å². The maximum Gasteiger partial charge on any atom is 0.115 e. The number of rotatable bonds is 8. The van der Waals surface area contributed by atoms with Crippen LogP contribution in [-0.2, 0) is 6.42 Å². The van der Waals surface area contributed by atoms with Crippen LogP contribution < -0.4 is 0 Å². The van der Waals surface area contributed by atoms with Crippen molar-refractivity contribution < 1.29 is 0 Å². The van der Waals surface area contributed by atoms with Crippen molar-refractivity contribution in [2.24, 2.45) is 5.92 Å². The SMILES string of the molecule is CCCCC(CC)Cc1csc(-c2cc(Cl)c(-c3cccs3)c3nsnc23)c1. The van der Waals surface area contributed by atoms with E-state index in [0.717, 1.165) is 44.4 Å². The van der Waals surface area contributed by atoms with E-state index in [1.165, 1.54) is 47.9 Å². The smallest absolute Gasteiger partial charge is 0.115 e. The third kappa shape index (κ3) is 4.04. The predicted octanol–water partition coefficient (Wildman–Crippen LogP) is 8.56. The molecular formula is C22H23ClN2S3. The van der Waals surface area contributed by atoms with Crippen LogP contribution in [0.2, 0.25) is 5.02 Å².